The summed E-state index contributed by atoms with van der Waals surface area (Å²) in [5.74, 6) is -0.640. The van der Waals surface area contributed by atoms with Crippen LogP contribution in [0.5, 0.6) is 17.4 Å². The molecule has 1 aromatic heterocycles. The average molecular weight is 520 g/mol. The van der Waals surface area contributed by atoms with Crippen LogP contribution in [-0.4, -0.2) is 34.9 Å². The summed E-state index contributed by atoms with van der Waals surface area (Å²) in [6.07, 6.45) is -2.55. The number of ether oxygens (including phenoxy) is 2. The Labute approximate surface area is 207 Å². The highest BCUT2D eigenvalue weighted by Crippen LogP contribution is 2.38. The Bertz CT molecular complexity index is 1350. The van der Waals surface area contributed by atoms with Gasteiger partial charge in [-0.2, -0.15) is 18.2 Å². The number of hydrogen-bond acceptors (Lipinski definition) is 7. The van der Waals surface area contributed by atoms with Gasteiger partial charge in [0.2, 0.25) is 11.7 Å². The molecule has 0 unspecified atom stereocenters. The topological polar surface area (TPSA) is 114 Å². The molecular formula is C23H17ClF3N5O4. The molecule has 0 atom stereocenters. The van der Waals surface area contributed by atoms with Crippen molar-refractivity contribution < 1.29 is 32.2 Å². The van der Waals surface area contributed by atoms with E-state index in [1.54, 1.807) is 0 Å². The van der Waals surface area contributed by atoms with Gasteiger partial charge >= 0.3 is 6.18 Å². The summed E-state index contributed by atoms with van der Waals surface area (Å²) in [4.78, 5) is 32.5. The molecule has 0 radical (unpaired) electrons. The van der Waals surface area contributed by atoms with Crippen LogP contribution in [0.4, 0.5) is 30.4 Å². The number of fused-ring (bicyclic) bond motifs is 1. The van der Waals surface area contributed by atoms with E-state index < -0.39 is 23.6 Å². The molecule has 186 valence electrons. The first-order chi connectivity index (χ1) is 17.1. The van der Waals surface area contributed by atoms with Gasteiger partial charge in [-0.1, -0.05) is 18.2 Å². The van der Waals surface area contributed by atoms with Crippen LogP contribution < -0.4 is 25.4 Å². The molecule has 4 rings (SSSR count). The second-order valence-corrected chi connectivity index (χ2v) is 7.73. The van der Waals surface area contributed by atoms with E-state index in [0.717, 1.165) is 18.2 Å². The highest BCUT2D eigenvalue weighted by Gasteiger charge is 2.31. The molecule has 0 bridgehead atoms. The molecule has 36 heavy (non-hydrogen) atoms. The summed E-state index contributed by atoms with van der Waals surface area (Å²) in [6.45, 7) is 4.17. The lowest BCUT2D eigenvalue weighted by atomic mass is 10.1. The van der Waals surface area contributed by atoms with Crippen molar-refractivity contribution in [2.24, 2.45) is 0 Å². The maximum Gasteiger partial charge on any atom is 0.416 e. The highest BCUT2D eigenvalue weighted by molar-refractivity contribution is 6.32. The lowest BCUT2D eigenvalue weighted by Gasteiger charge is -2.19. The van der Waals surface area contributed by atoms with Crippen molar-refractivity contribution in [1.82, 2.24) is 9.97 Å². The highest BCUT2D eigenvalue weighted by atomic mass is 35.5. The molecule has 0 fully saturated rings. The SMILES string of the molecule is C=CC(=O)Nc1cc(NC(=O)c2ccc(Cl)c(Oc3ncnc4c3OCCN4)c2)cc(C(F)(F)F)c1. The lowest BCUT2D eigenvalue weighted by Crippen LogP contribution is -2.19. The van der Waals surface area contributed by atoms with Gasteiger partial charge in [-0.05, 0) is 42.5 Å². The van der Waals surface area contributed by atoms with Gasteiger partial charge in [0.15, 0.2) is 5.82 Å². The van der Waals surface area contributed by atoms with E-state index in [-0.39, 0.29) is 39.3 Å². The molecule has 0 saturated heterocycles. The summed E-state index contributed by atoms with van der Waals surface area (Å²) >= 11 is 6.22. The standard InChI is InChI=1S/C23H17ClF3N5O4/c1-2-18(33)31-14-8-13(23(25,26)27)9-15(10-14)32-21(34)12-3-4-16(24)17(7-12)36-22-19-20(29-11-30-22)28-5-6-35-19/h2-4,7-11H,1,5-6H2,(H,31,33)(H,32,34)(H,28,29,30). The fourth-order valence-electron chi connectivity index (χ4n) is 3.17. The zero-order valence-electron chi connectivity index (χ0n) is 18.3. The second-order valence-electron chi connectivity index (χ2n) is 7.32. The van der Waals surface area contributed by atoms with Crippen molar-refractivity contribution in [2.45, 2.75) is 6.18 Å². The molecule has 0 spiro atoms. The Hall–Kier alpha value is -4.32. The smallest absolute Gasteiger partial charge is 0.416 e. The van der Waals surface area contributed by atoms with Crippen LogP contribution >= 0.6 is 11.6 Å². The van der Waals surface area contributed by atoms with E-state index in [9.17, 15) is 22.8 Å². The first-order valence-electron chi connectivity index (χ1n) is 10.3. The van der Waals surface area contributed by atoms with E-state index in [4.69, 9.17) is 21.1 Å². The Morgan fingerprint density at radius 3 is 2.61 bits per heavy atom. The number of carbonyl (C=O) groups is 2. The molecule has 13 heteroatoms. The number of hydrogen-bond donors (Lipinski definition) is 3. The Morgan fingerprint density at radius 2 is 1.89 bits per heavy atom. The van der Waals surface area contributed by atoms with Crippen LogP contribution in [0.25, 0.3) is 0 Å². The van der Waals surface area contributed by atoms with Crippen molar-refractivity contribution in [1.29, 1.82) is 0 Å². The Kier molecular flexibility index (Phi) is 6.97. The molecule has 1 aliphatic rings. The number of alkyl halides is 3. The van der Waals surface area contributed by atoms with Crippen molar-refractivity contribution in [3.63, 3.8) is 0 Å². The first kappa shape index (κ1) is 24.8. The van der Waals surface area contributed by atoms with Crippen molar-refractivity contribution >= 4 is 40.6 Å². The van der Waals surface area contributed by atoms with Crippen LogP contribution in [0.1, 0.15) is 15.9 Å². The van der Waals surface area contributed by atoms with E-state index in [1.807, 2.05) is 0 Å². The largest absolute Gasteiger partial charge is 0.483 e. The molecule has 2 aromatic carbocycles. The minimum atomic E-state index is -4.72. The minimum Gasteiger partial charge on any atom is -0.483 e. The number of benzene rings is 2. The maximum absolute atomic E-state index is 13.4. The molecule has 2 amide bonds. The molecule has 0 saturated carbocycles. The molecule has 3 N–H and O–H groups in total. The third kappa shape index (κ3) is 5.66. The molecule has 2 heterocycles. The van der Waals surface area contributed by atoms with Crippen LogP contribution in [0.15, 0.2) is 55.4 Å². The fraction of sp³-hybridized carbons (Fsp3) is 0.130. The summed E-state index contributed by atoms with van der Waals surface area (Å²) in [5, 5.41) is 7.82. The van der Waals surface area contributed by atoms with Gasteiger partial charge in [0.1, 0.15) is 18.7 Å². The normalized spacial score (nSPS) is 12.4. The van der Waals surface area contributed by atoms with Crippen LogP contribution in [0.3, 0.4) is 0 Å². The van der Waals surface area contributed by atoms with Gasteiger partial charge in [0.05, 0.1) is 17.1 Å². The summed E-state index contributed by atoms with van der Waals surface area (Å²) in [5.41, 5.74) is -1.41. The average Bonchev–Trinajstić information content (AvgIpc) is 2.84. The Balaban J connectivity index is 1.60. The van der Waals surface area contributed by atoms with Gasteiger partial charge < -0.3 is 25.4 Å². The van der Waals surface area contributed by atoms with E-state index in [1.165, 1.54) is 30.6 Å². The predicted octanol–water partition coefficient (Wildman–Crippen LogP) is 5.12. The predicted molar refractivity (Wildman–Crippen MR) is 126 cm³/mol. The molecule has 9 nitrogen and oxygen atoms in total. The zero-order valence-corrected chi connectivity index (χ0v) is 19.0. The molecule has 0 aliphatic carbocycles. The molecule has 3 aromatic rings. The van der Waals surface area contributed by atoms with E-state index >= 15 is 0 Å². The zero-order chi connectivity index (χ0) is 25.9. The van der Waals surface area contributed by atoms with Crippen molar-refractivity contribution in [3.05, 3.63) is 71.5 Å². The molecule has 1 aliphatic heterocycles. The number of amides is 2. The third-order valence-corrected chi connectivity index (χ3v) is 5.10. The number of aromatic nitrogens is 2. The van der Waals surface area contributed by atoms with Crippen molar-refractivity contribution in [3.8, 4) is 17.4 Å². The van der Waals surface area contributed by atoms with E-state index in [0.29, 0.717) is 19.0 Å². The number of halogens is 4. The van der Waals surface area contributed by atoms with Gasteiger partial charge in [-0.15, -0.1) is 0 Å². The number of nitrogens with one attached hydrogen (secondary N) is 3. The Morgan fingerprint density at radius 1 is 1.14 bits per heavy atom. The minimum absolute atomic E-state index is 0.0328. The van der Waals surface area contributed by atoms with Gasteiger partial charge in [-0.25, -0.2) is 4.98 Å². The maximum atomic E-state index is 13.4. The van der Waals surface area contributed by atoms with Crippen LogP contribution in [0.2, 0.25) is 5.02 Å². The van der Waals surface area contributed by atoms with Crippen molar-refractivity contribution in [2.75, 3.05) is 29.1 Å². The summed E-state index contributed by atoms with van der Waals surface area (Å²) in [7, 11) is 0. The van der Waals surface area contributed by atoms with E-state index in [2.05, 4.69) is 32.5 Å². The third-order valence-electron chi connectivity index (χ3n) is 4.78. The monoisotopic (exact) mass is 519 g/mol. The summed E-state index contributed by atoms with van der Waals surface area (Å²) < 4.78 is 51.4. The number of nitrogens with zero attached hydrogens (tertiary/aromatic N) is 2. The van der Waals surface area contributed by atoms with Crippen LogP contribution in [-0.2, 0) is 11.0 Å². The lowest BCUT2D eigenvalue weighted by molar-refractivity contribution is -0.137. The van der Waals surface area contributed by atoms with Gasteiger partial charge in [0, 0.05) is 16.9 Å². The first-order valence-corrected chi connectivity index (χ1v) is 10.7. The quantitative estimate of drug-likeness (QED) is 0.387. The van der Waals surface area contributed by atoms with Gasteiger partial charge in [0.25, 0.3) is 11.8 Å². The number of carbonyl (C=O) groups excluding carboxylic acids is 2. The fourth-order valence-corrected chi connectivity index (χ4v) is 3.32. The van der Waals surface area contributed by atoms with Gasteiger partial charge in [-0.3, -0.25) is 9.59 Å². The summed E-state index contributed by atoms with van der Waals surface area (Å²) in [6, 6.07) is 6.72. The van der Waals surface area contributed by atoms with Crippen LogP contribution in [0, 0.1) is 0 Å². The number of anilines is 3. The second kappa shape index (κ2) is 10.1. The molecular weight excluding hydrogens is 503 g/mol. The number of rotatable bonds is 6.